The molecule has 28 heavy (non-hydrogen) atoms. The lowest BCUT2D eigenvalue weighted by molar-refractivity contribution is -0.385. The Morgan fingerprint density at radius 3 is 2.61 bits per heavy atom. The zero-order valence-corrected chi connectivity index (χ0v) is 15.5. The van der Waals surface area contributed by atoms with Gasteiger partial charge in [0.15, 0.2) is 0 Å². The van der Waals surface area contributed by atoms with Gasteiger partial charge < -0.3 is 5.32 Å². The van der Waals surface area contributed by atoms with Crippen molar-refractivity contribution >= 4 is 34.0 Å². The monoisotopic (exact) mass is 397 g/mol. The van der Waals surface area contributed by atoms with E-state index in [1.807, 2.05) is 30.3 Å². The van der Waals surface area contributed by atoms with Gasteiger partial charge in [-0.25, -0.2) is 0 Å². The number of carbonyl (C=O) groups excluding carboxylic acids is 2. The second kappa shape index (κ2) is 8.35. The first-order valence-electron chi connectivity index (χ1n) is 8.16. The number of anilines is 1. The number of aromatic nitrogens is 2. The average molecular weight is 397 g/mol. The summed E-state index contributed by atoms with van der Waals surface area (Å²) >= 11 is 1.21. The van der Waals surface area contributed by atoms with Crippen molar-refractivity contribution in [2.45, 2.75) is 6.92 Å². The van der Waals surface area contributed by atoms with Crippen LogP contribution in [0.15, 0.2) is 48.5 Å². The van der Waals surface area contributed by atoms with E-state index in [1.165, 1.54) is 29.5 Å². The predicted octanol–water partition coefficient (Wildman–Crippen LogP) is 2.79. The molecule has 142 valence electrons. The summed E-state index contributed by atoms with van der Waals surface area (Å²) in [6.07, 6.45) is 0. The van der Waals surface area contributed by atoms with Gasteiger partial charge in [-0.2, -0.15) is 0 Å². The maximum absolute atomic E-state index is 12.1. The summed E-state index contributed by atoms with van der Waals surface area (Å²) in [5.74, 6) is -1.06. The number of nitrogens with zero attached hydrogens (tertiary/aromatic N) is 3. The zero-order valence-electron chi connectivity index (χ0n) is 14.7. The van der Waals surface area contributed by atoms with E-state index >= 15 is 0 Å². The molecule has 0 fully saturated rings. The number of hydrogen-bond donors (Lipinski definition) is 2. The van der Waals surface area contributed by atoms with Gasteiger partial charge in [0.1, 0.15) is 5.01 Å². The van der Waals surface area contributed by atoms with Gasteiger partial charge in [0.2, 0.25) is 11.0 Å². The fourth-order valence-corrected chi connectivity index (χ4v) is 3.11. The van der Waals surface area contributed by atoms with Crippen LogP contribution in [0.4, 0.5) is 10.8 Å². The summed E-state index contributed by atoms with van der Waals surface area (Å²) in [6, 6.07) is 13.5. The van der Waals surface area contributed by atoms with Gasteiger partial charge in [-0.15, -0.1) is 10.2 Å². The molecule has 1 heterocycles. The summed E-state index contributed by atoms with van der Waals surface area (Å²) < 4.78 is 0. The highest BCUT2D eigenvalue weighted by atomic mass is 32.1. The van der Waals surface area contributed by atoms with Crippen LogP contribution in [0.5, 0.6) is 0 Å². The highest BCUT2D eigenvalue weighted by Crippen LogP contribution is 2.25. The maximum atomic E-state index is 12.1. The molecule has 1 aromatic heterocycles. The molecule has 3 aromatic rings. The summed E-state index contributed by atoms with van der Waals surface area (Å²) in [5.41, 5.74) is 1.28. The van der Waals surface area contributed by atoms with E-state index in [-0.39, 0.29) is 17.8 Å². The van der Waals surface area contributed by atoms with Crippen molar-refractivity contribution in [3.05, 3.63) is 69.8 Å². The van der Waals surface area contributed by atoms with Crippen LogP contribution in [-0.2, 0) is 4.79 Å². The smallest absolute Gasteiger partial charge is 0.273 e. The predicted molar refractivity (Wildman–Crippen MR) is 104 cm³/mol. The molecule has 2 aromatic carbocycles. The molecule has 0 saturated heterocycles. The van der Waals surface area contributed by atoms with E-state index in [0.717, 1.165) is 5.56 Å². The van der Waals surface area contributed by atoms with Crippen LogP contribution in [0.25, 0.3) is 10.6 Å². The number of aryl methyl sites for hydroxylation is 1. The van der Waals surface area contributed by atoms with Crippen LogP contribution in [0.3, 0.4) is 0 Å². The van der Waals surface area contributed by atoms with Crippen molar-refractivity contribution in [2.24, 2.45) is 0 Å². The second-order valence-corrected chi connectivity index (χ2v) is 6.75. The molecule has 2 N–H and O–H groups in total. The minimum absolute atomic E-state index is 0.104. The van der Waals surface area contributed by atoms with Crippen molar-refractivity contribution in [2.75, 3.05) is 11.9 Å². The Labute approximate surface area is 163 Å². The second-order valence-electron chi connectivity index (χ2n) is 5.77. The van der Waals surface area contributed by atoms with Gasteiger partial charge in [0.05, 0.1) is 11.5 Å². The van der Waals surface area contributed by atoms with Gasteiger partial charge in [0.25, 0.3) is 11.6 Å². The first-order valence-corrected chi connectivity index (χ1v) is 8.97. The lowest BCUT2D eigenvalue weighted by Crippen LogP contribution is -2.32. The van der Waals surface area contributed by atoms with Gasteiger partial charge >= 0.3 is 0 Å². The number of amides is 2. The minimum atomic E-state index is -0.583. The number of benzene rings is 2. The van der Waals surface area contributed by atoms with Gasteiger partial charge in [-0.3, -0.25) is 25.0 Å². The standard InChI is InChI=1S/C18H15N5O4S/c1-11-7-8-13(9-14(11)23(26)27)16(25)19-10-15(24)20-18-22-21-17(28-18)12-5-3-2-4-6-12/h2-9H,10H2,1H3,(H,19,25)(H,20,22,24). The molecule has 0 unspecified atom stereocenters. The zero-order chi connectivity index (χ0) is 20.1. The van der Waals surface area contributed by atoms with Crippen LogP contribution in [0.2, 0.25) is 0 Å². The number of carbonyl (C=O) groups is 2. The Bertz CT molecular complexity index is 1040. The Hall–Kier alpha value is -3.66. The third-order valence-corrected chi connectivity index (χ3v) is 4.66. The van der Waals surface area contributed by atoms with Crippen molar-refractivity contribution in [1.29, 1.82) is 0 Å². The fourth-order valence-electron chi connectivity index (χ4n) is 2.34. The largest absolute Gasteiger partial charge is 0.343 e. The lowest BCUT2D eigenvalue weighted by atomic mass is 10.1. The normalized spacial score (nSPS) is 10.3. The van der Waals surface area contributed by atoms with Crippen LogP contribution in [0, 0.1) is 17.0 Å². The molecule has 0 aliphatic heterocycles. The first-order chi connectivity index (χ1) is 13.4. The molecule has 0 saturated carbocycles. The van der Waals surface area contributed by atoms with E-state index in [0.29, 0.717) is 15.7 Å². The molecule has 0 bridgehead atoms. The fraction of sp³-hybridized carbons (Fsp3) is 0.111. The van der Waals surface area contributed by atoms with Gasteiger partial charge in [-0.05, 0) is 13.0 Å². The van der Waals surface area contributed by atoms with Crippen LogP contribution < -0.4 is 10.6 Å². The Kier molecular flexibility index (Phi) is 5.70. The Morgan fingerprint density at radius 1 is 1.14 bits per heavy atom. The van der Waals surface area contributed by atoms with Crippen LogP contribution in [-0.4, -0.2) is 33.5 Å². The maximum Gasteiger partial charge on any atom is 0.273 e. The SMILES string of the molecule is Cc1ccc(C(=O)NCC(=O)Nc2nnc(-c3ccccc3)s2)cc1[N+](=O)[O-]. The number of nitro benzene ring substituents is 1. The van der Waals surface area contributed by atoms with Gasteiger partial charge in [-0.1, -0.05) is 47.7 Å². The average Bonchev–Trinajstić information content (AvgIpc) is 3.15. The Balaban J connectivity index is 1.57. The molecule has 2 amide bonds. The molecule has 0 aliphatic carbocycles. The summed E-state index contributed by atoms with van der Waals surface area (Å²) in [4.78, 5) is 34.6. The number of rotatable bonds is 6. The topological polar surface area (TPSA) is 127 Å². The van der Waals surface area contributed by atoms with Crippen molar-refractivity contribution < 1.29 is 14.5 Å². The quantitative estimate of drug-likeness (QED) is 0.486. The van der Waals surface area contributed by atoms with E-state index in [1.54, 1.807) is 6.92 Å². The molecule has 0 radical (unpaired) electrons. The minimum Gasteiger partial charge on any atom is -0.343 e. The molecule has 10 heteroatoms. The molecule has 0 atom stereocenters. The lowest BCUT2D eigenvalue weighted by Gasteiger charge is -2.05. The van der Waals surface area contributed by atoms with Crippen LogP contribution in [0.1, 0.15) is 15.9 Å². The summed E-state index contributed by atoms with van der Waals surface area (Å²) in [6.45, 7) is 1.28. The molecule has 3 rings (SSSR count). The van der Waals surface area contributed by atoms with E-state index < -0.39 is 16.7 Å². The molecule has 0 aliphatic rings. The van der Waals surface area contributed by atoms with Crippen molar-refractivity contribution in [1.82, 2.24) is 15.5 Å². The summed E-state index contributed by atoms with van der Waals surface area (Å²) in [7, 11) is 0. The number of nitrogens with one attached hydrogen (secondary N) is 2. The first kappa shape index (κ1) is 19.1. The van der Waals surface area contributed by atoms with Crippen molar-refractivity contribution in [3.8, 4) is 10.6 Å². The molecular weight excluding hydrogens is 382 g/mol. The molecule has 9 nitrogen and oxygen atoms in total. The highest BCUT2D eigenvalue weighted by Gasteiger charge is 2.16. The van der Waals surface area contributed by atoms with E-state index in [2.05, 4.69) is 20.8 Å². The number of hydrogen-bond acceptors (Lipinski definition) is 7. The molecular formula is C18H15N5O4S. The van der Waals surface area contributed by atoms with E-state index in [9.17, 15) is 19.7 Å². The van der Waals surface area contributed by atoms with Gasteiger partial charge in [0, 0.05) is 22.8 Å². The highest BCUT2D eigenvalue weighted by molar-refractivity contribution is 7.18. The third kappa shape index (κ3) is 4.54. The van der Waals surface area contributed by atoms with E-state index in [4.69, 9.17) is 0 Å². The third-order valence-electron chi connectivity index (χ3n) is 3.77. The number of nitro groups is 1. The summed E-state index contributed by atoms with van der Waals surface area (Å²) in [5, 5.41) is 24.9. The van der Waals surface area contributed by atoms with Crippen molar-refractivity contribution in [3.63, 3.8) is 0 Å². The van der Waals surface area contributed by atoms with Crippen LogP contribution >= 0.6 is 11.3 Å². The molecule has 0 spiro atoms. The Morgan fingerprint density at radius 2 is 1.89 bits per heavy atom.